The van der Waals surface area contributed by atoms with Gasteiger partial charge in [0.1, 0.15) is 5.82 Å². The lowest BCUT2D eigenvalue weighted by molar-refractivity contribution is 0.623. The van der Waals surface area contributed by atoms with E-state index in [0.717, 1.165) is 28.2 Å². The number of thioether (sulfide) groups is 1. The number of rotatable bonds is 2. The minimum atomic E-state index is -0.215. The Morgan fingerprint density at radius 1 is 1.32 bits per heavy atom. The van der Waals surface area contributed by atoms with Crippen LogP contribution >= 0.6 is 23.1 Å². The van der Waals surface area contributed by atoms with Gasteiger partial charge in [-0.25, -0.2) is 4.39 Å². The molecule has 2 N–H and O–H groups in total. The molecule has 1 unspecified atom stereocenters. The van der Waals surface area contributed by atoms with Crippen LogP contribution in [0.4, 0.5) is 4.39 Å². The van der Waals surface area contributed by atoms with E-state index in [9.17, 15) is 4.39 Å². The first-order chi connectivity index (χ1) is 9.15. The molecule has 2 heterocycles. The molecule has 1 aliphatic heterocycles. The summed E-state index contributed by atoms with van der Waals surface area (Å²) in [5.74, 6) is 2.06. The summed E-state index contributed by atoms with van der Waals surface area (Å²) in [4.78, 5) is 2.61. The number of nitrogens with two attached hydrogens (primary N) is 1. The summed E-state index contributed by atoms with van der Waals surface area (Å²) >= 11 is 3.76. The van der Waals surface area contributed by atoms with Gasteiger partial charge in [-0.05, 0) is 54.0 Å². The minimum absolute atomic E-state index is 0.212. The van der Waals surface area contributed by atoms with Crippen LogP contribution in [0.25, 0.3) is 0 Å². The van der Waals surface area contributed by atoms with Crippen molar-refractivity contribution in [1.29, 1.82) is 0 Å². The number of thiophene rings is 1. The Labute approximate surface area is 121 Å². The van der Waals surface area contributed by atoms with Crippen molar-refractivity contribution in [2.24, 2.45) is 5.73 Å². The molecule has 0 bridgehead atoms. The normalized spacial score (nSPS) is 16.2. The average Bonchev–Trinajstić information content (AvgIpc) is 2.84. The van der Waals surface area contributed by atoms with E-state index < -0.39 is 0 Å². The number of halogens is 1. The van der Waals surface area contributed by atoms with Gasteiger partial charge in [-0.15, -0.1) is 11.3 Å². The highest BCUT2D eigenvalue weighted by atomic mass is 32.2. The van der Waals surface area contributed by atoms with Gasteiger partial charge in [-0.2, -0.15) is 11.8 Å². The summed E-state index contributed by atoms with van der Waals surface area (Å²) in [6.07, 6.45) is 1.14. The number of aryl methyl sites for hydroxylation is 2. The third-order valence-electron chi connectivity index (χ3n) is 3.53. The Morgan fingerprint density at radius 3 is 2.95 bits per heavy atom. The molecule has 1 aromatic carbocycles. The van der Waals surface area contributed by atoms with E-state index in [0.29, 0.717) is 0 Å². The molecule has 0 amide bonds. The molecule has 1 aromatic heterocycles. The highest BCUT2D eigenvalue weighted by molar-refractivity contribution is 7.98. The third-order valence-corrected chi connectivity index (χ3v) is 5.86. The Balaban J connectivity index is 1.97. The first-order valence-electron chi connectivity index (χ1n) is 6.36. The number of fused-ring (bicyclic) bond motifs is 1. The first kappa shape index (κ1) is 13.2. The fraction of sp³-hybridized carbons (Fsp3) is 0.333. The zero-order chi connectivity index (χ0) is 13.4. The van der Waals surface area contributed by atoms with Crippen LogP contribution in [0.15, 0.2) is 24.3 Å². The van der Waals surface area contributed by atoms with E-state index in [2.05, 4.69) is 6.07 Å². The molecule has 0 saturated heterocycles. The molecule has 19 heavy (non-hydrogen) atoms. The van der Waals surface area contributed by atoms with Crippen LogP contribution in [0.2, 0.25) is 0 Å². The Hall–Kier alpha value is -0.840. The van der Waals surface area contributed by atoms with Gasteiger partial charge in [0, 0.05) is 15.5 Å². The summed E-state index contributed by atoms with van der Waals surface area (Å²) in [5.41, 5.74) is 9.70. The Kier molecular flexibility index (Phi) is 3.65. The zero-order valence-corrected chi connectivity index (χ0v) is 12.4. The predicted octanol–water partition coefficient (Wildman–Crippen LogP) is 4.03. The van der Waals surface area contributed by atoms with Gasteiger partial charge in [-0.3, -0.25) is 0 Å². The molecule has 1 nitrogen and oxygen atoms in total. The van der Waals surface area contributed by atoms with Gasteiger partial charge in [0.2, 0.25) is 0 Å². The summed E-state index contributed by atoms with van der Waals surface area (Å²) in [5, 5.41) is 0. The van der Waals surface area contributed by atoms with E-state index in [1.54, 1.807) is 23.5 Å². The van der Waals surface area contributed by atoms with Gasteiger partial charge in [0.05, 0.1) is 6.04 Å². The number of benzene rings is 1. The minimum Gasteiger partial charge on any atom is -0.320 e. The second-order valence-electron chi connectivity index (χ2n) is 4.88. The fourth-order valence-corrected chi connectivity index (χ4v) is 4.82. The molecule has 3 rings (SSSR count). The van der Waals surface area contributed by atoms with Crippen molar-refractivity contribution in [2.75, 3.05) is 5.75 Å². The van der Waals surface area contributed by atoms with E-state index in [1.165, 1.54) is 22.3 Å². The van der Waals surface area contributed by atoms with Crippen molar-refractivity contribution in [3.8, 4) is 0 Å². The molecule has 0 saturated carbocycles. The summed E-state index contributed by atoms with van der Waals surface area (Å²) in [7, 11) is 0. The first-order valence-corrected chi connectivity index (χ1v) is 8.33. The molecule has 0 spiro atoms. The highest BCUT2D eigenvalue weighted by Gasteiger charge is 2.19. The molecular formula is C15H16FNS2. The smallest absolute Gasteiger partial charge is 0.123 e. The van der Waals surface area contributed by atoms with Gasteiger partial charge < -0.3 is 5.73 Å². The fourth-order valence-electron chi connectivity index (χ4n) is 2.42. The van der Waals surface area contributed by atoms with Gasteiger partial charge in [0.15, 0.2) is 0 Å². The molecule has 0 fully saturated rings. The van der Waals surface area contributed by atoms with Crippen molar-refractivity contribution in [2.45, 2.75) is 25.1 Å². The van der Waals surface area contributed by atoms with Crippen LogP contribution in [0.3, 0.4) is 0 Å². The van der Waals surface area contributed by atoms with Crippen molar-refractivity contribution in [3.05, 3.63) is 56.5 Å². The monoisotopic (exact) mass is 293 g/mol. The van der Waals surface area contributed by atoms with Crippen molar-refractivity contribution >= 4 is 23.1 Å². The number of hydrogen-bond donors (Lipinski definition) is 1. The average molecular weight is 293 g/mol. The largest absolute Gasteiger partial charge is 0.320 e. The van der Waals surface area contributed by atoms with Crippen molar-refractivity contribution in [1.82, 2.24) is 0 Å². The predicted molar refractivity (Wildman–Crippen MR) is 81.4 cm³/mol. The highest BCUT2D eigenvalue weighted by Crippen LogP contribution is 2.36. The molecule has 0 radical (unpaired) electrons. The zero-order valence-electron chi connectivity index (χ0n) is 10.8. The van der Waals surface area contributed by atoms with E-state index in [4.69, 9.17) is 5.73 Å². The van der Waals surface area contributed by atoms with Crippen molar-refractivity contribution in [3.63, 3.8) is 0 Å². The van der Waals surface area contributed by atoms with Crippen molar-refractivity contribution < 1.29 is 4.39 Å². The quantitative estimate of drug-likeness (QED) is 0.904. The topological polar surface area (TPSA) is 26.0 Å². The standard InChI is InChI=1S/C15H16FNS2/c1-9-2-3-11(16)7-12(9)15(17)14-6-10-8-18-5-4-13(10)19-14/h2-3,6-7,15H,4-5,8,17H2,1H3. The molecule has 100 valence electrons. The van der Waals surface area contributed by atoms with Gasteiger partial charge in [0.25, 0.3) is 0 Å². The number of hydrogen-bond acceptors (Lipinski definition) is 3. The molecular weight excluding hydrogens is 277 g/mol. The lowest BCUT2D eigenvalue weighted by Gasteiger charge is -2.13. The molecule has 2 aromatic rings. The van der Waals surface area contributed by atoms with Crippen LogP contribution in [0.1, 0.15) is 32.5 Å². The van der Waals surface area contributed by atoms with Crippen LogP contribution in [-0.2, 0) is 12.2 Å². The molecule has 1 atom stereocenters. The van der Waals surface area contributed by atoms with E-state index in [1.807, 2.05) is 18.7 Å². The second-order valence-corrected chi connectivity index (χ2v) is 7.15. The van der Waals surface area contributed by atoms with Crippen LogP contribution in [0, 0.1) is 12.7 Å². The second kappa shape index (κ2) is 5.27. The lowest BCUT2D eigenvalue weighted by atomic mass is 10.00. The van der Waals surface area contributed by atoms with E-state index in [-0.39, 0.29) is 11.9 Å². The Bertz CT molecular complexity index is 583. The maximum atomic E-state index is 13.4. The molecule has 1 aliphatic rings. The Morgan fingerprint density at radius 2 is 2.16 bits per heavy atom. The summed E-state index contributed by atoms with van der Waals surface area (Å²) < 4.78 is 13.4. The van der Waals surface area contributed by atoms with Crippen LogP contribution in [0.5, 0.6) is 0 Å². The van der Waals surface area contributed by atoms with E-state index >= 15 is 0 Å². The maximum absolute atomic E-state index is 13.4. The van der Waals surface area contributed by atoms with Crippen LogP contribution in [-0.4, -0.2) is 5.75 Å². The summed E-state index contributed by atoms with van der Waals surface area (Å²) in [6.45, 7) is 1.98. The summed E-state index contributed by atoms with van der Waals surface area (Å²) in [6, 6.07) is 6.85. The SMILES string of the molecule is Cc1ccc(F)cc1C(N)c1cc2c(s1)CCSC2. The van der Waals surface area contributed by atoms with Gasteiger partial charge in [-0.1, -0.05) is 6.07 Å². The maximum Gasteiger partial charge on any atom is 0.123 e. The molecule has 0 aliphatic carbocycles. The third kappa shape index (κ3) is 2.57. The van der Waals surface area contributed by atoms with Crippen LogP contribution < -0.4 is 5.73 Å². The molecule has 4 heteroatoms. The lowest BCUT2D eigenvalue weighted by Crippen LogP contribution is -2.12. The van der Waals surface area contributed by atoms with Gasteiger partial charge >= 0.3 is 0 Å².